The molecular formula is C9H7NO3PdS2+2. The van der Waals surface area contributed by atoms with Gasteiger partial charge in [0, 0.05) is 10.9 Å². The van der Waals surface area contributed by atoms with Gasteiger partial charge in [-0.2, -0.15) is 8.42 Å². The van der Waals surface area contributed by atoms with E-state index in [1.807, 2.05) is 0 Å². The molecule has 1 aromatic carbocycles. The molecule has 0 spiro atoms. The summed E-state index contributed by atoms with van der Waals surface area (Å²) in [6, 6.07) is 7.72. The summed E-state index contributed by atoms with van der Waals surface area (Å²) in [6.45, 7) is 0. The van der Waals surface area contributed by atoms with Gasteiger partial charge in [0.2, 0.25) is 0 Å². The number of rotatable bonds is 1. The minimum Gasteiger partial charge on any atom is -0.346 e. The Balaban J connectivity index is 0.00000128. The van der Waals surface area contributed by atoms with Gasteiger partial charge < -0.3 is 4.98 Å². The van der Waals surface area contributed by atoms with Crippen molar-refractivity contribution in [1.82, 2.24) is 4.98 Å². The van der Waals surface area contributed by atoms with Gasteiger partial charge in [0.05, 0.1) is 0 Å². The van der Waals surface area contributed by atoms with Crippen molar-refractivity contribution in [2.24, 2.45) is 0 Å². The van der Waals surface area contributed by atoms with Crippen molar-refractivity contribution in [1.29, 1.82) is 0 Å². The second-order valence-corrected chi connectivity index (χ2v) is 4.84. The summed E-state index contributed by atoms with van der Waals surface area (Å²) in [4.78, 5) is 2.72. The zero-order valence-corrected chi connectivity index (χ0v) is 11.0. The van der Waals surface area contributed by atoms with Gasteiger partial charge >= 0.3 is 20.4 Å². The molecule has 4 nitrogen and oxygen atoms in total. The van der Waals surface area contributed by atoms with Gasteiger partial charge in [0.25, 0.3) is 10.1 Å². The van der Waals surface area contributed by atoms with E-state index in [9.17, 15) is 8.42 Å². The Hall–Kier alpha value is -0.578. The van der Waals surface area contributed by atoms with E-state index in [2.05, 4.69) is 4.98 Å². The molecule has 0 unspecified atom stereocenters. The van der Waals surface area contributed by atoms with Crippen LogP contribution in [0.15, 0.2) is 35.2 Å². The van der Waals surface area contributed by atoms with E-state index in [0.717, 1.165) is 0 Å². The normalized spacial score (nSPS) is 11.1. The Bertz CT molecular complexity index is 678. The molecule has 16 heavy (non-hydrogen) atoms. The third-order valence-corrected chi connectivity index (χ3v) is 3.15. The number of aromatic nitrogens is 1. The topological polar surface area (TPSA) is 70.2 Å². The summed E-state index contributed by atoms with van der Waals surface area (Å²) >= 11 is 4.91. The molecular weight excluding hydrogens is 341 g/mol. The average molecular weight is 348 g/mol. The van der Waals surface area contributed by atoms with Crippen LogP contribution in [0.25, 0.3) is 10.9 Å². The van der Waals surface area contributed by atoms with Crippen LogP contribution in [0.2, 0.25) is 0 Å². The van der Waals surface area contributed by atoms with Gasteiger partial charge in [-0.3, -0.25) is 4.55 Å². The third kappa shape index (κ3) is 2.56. The molecule has 0 fully saturated rings. The number of hydrogen-bond donors (Lipinski definition) is 2. The number of H-pyrrole nitrogens is 1. The first-order valence-electron chi connectivity index (χ1n) is 4.08. The molecule has 0 bridgehead atoms. The van der Waals surface area contributed by atoms with Crippen molar-refractivity contribution >= 4 is 33.2 Å². The maximum Gasteiger partial charge on any atom is 2.00 e. The van der Waals surface area contributed by atoms with Crippen molar-refractivity contribution < 1.29 is 33.4 Å². The zero-order valence-electron chi connectivity index (χ0n) is 7.78. The predicted octanol–water partition coefficient (Wildman–Crippen LogP) is 2.14. The fourth-order valence-corrected chi connectivity index (χ4v) is 2.27. The Morgan fingerprint density at radius 3 is 2.50 bits per heavy atom. The van der Waals surface area contributed by atoms with Gasteiger partial charge in [-0.15, -0.1) is 0 Å². The third-order valence-electron chi connectivity index (χ3n) is 2.00. The number of pyridine rings is 1. The van der Waals surface area contributed by atoms with Gasteiger partial charge in [-0.1, -0.05) is 18.3 Å². The SMILES string of the molecule is O=S(=O)(O)c1cccc2[nH]c(=S)ccc12.[Pd+2]. The molecule has 2 rings (SSSR count). The van der Waals surface area contributed by atoms with Crippen LogP contribution in [0.4, 0.5) is 0 Å². The first-order valence-corrected chi connectivity index (χ1v) is 5.93. The number of nitrogens with one attached hydrogen (secondary N) is 1. The number of aromatic amines is 1. The summed E-state index contributed by atoms with van der Waals surface area (Å²) in [6.07, 6.45) is 0. The van der Waals surface area contributed by atoms with Crippen LogP contribution in [0.3, 0.4) is 0 Å². The maximum atomic E-state index is 11.0. The van der Waals surface area contributed by atoms with E-state index in [1.165, 1.54) is 12.1 Å². The number of benzene rings is 1. The van der Waals surface area contributed by atoms with Gasteiger partial charge in [0.1, 0.15) is 9.54 Å². The molecule has 0 aliphatic rings. The van der Waals surface area contributed by atoms with E-state index < -0.39 is 10.1 Å². The summed E-state index contributed by atoms with van der Waals surface area (Å²) < 4.78 is 31.6. The summed E-state index contributed by atoms with van der Waals surface area (Å²) in [5, 5.41) is 0.425. The molecule has 0 amide bonds. The second-order valence-electron chi connectivity index (χ2n) is 3.02. The molecule has 0 aliphatic heterocycles. The fourth-order valence-electron chi connectivity index (χ4n) is 1.38. The van der Waals surface area contributed by atoms with Crippen molar-refractivity contribution in [3.8, 4) is 0 Å². The van der Waals surface area contributed by atoms with E-state index in [1.54, 1.807) is 18.2 Å². The van der Waals surface area contributed by atoms with Gasteiger partial charge in [-0.25, -0.2) is 0 Å². The molecule has 1 heterocycles. The second kappa shape index (κ2) is 4.74. The Labute approximate surface area is 111 Å². The largest absolute Gasteiger partial charge is 2.00 e. The smallest absolute Gasteiger partial charge is 0.346 e. The molecule has 7 heteroatoms. The molecule has 0 radical (unpaired) electrons. The van der Waals surface area contributed by atoms with Gasteiger partial charge in [-0.05, 0) is 24.3 Å². The van der Waals surface area contributed by atoms with Crippen LogP contribution >= 0.6 is 12.2 Å². The minimum atomic E-state index is -4.20. The standard InChI is InChI=1S/C9H7NO3S2.Pd/c11-15(12,13)8-3-1-2-7-6(8)4-5-9(14)10-7;/h1-5H,(H,10,14)(H,11,12,13);/q;+2. The maximum absolute atomic E-state index is 11.0. The Morgan fingerprint density at radius 2 is 1.88 bits per heavy atom. The van der Waals surface area contributed by atoms with Crippen LogP contribution in [0, 0.1) is 4.64 Å². The van der Waals surface area contributed by atoms with E-state index in [-0.39, 0.29) is 25.3 Å². The first kappa shape index (κ1) is 13.5. The fraction of sp³-hybridized carbons (Fsp3) is 0. The first-order chi connectivity index (χ1) is 6.98. The predicted molar refractivity (Wildman–Crippen MR) is 58.9 cm³/mol. The molecule has 0 saturated heterocycles. The van der Waals surface area contributed by atoms with Crippen LogP contribution < -0.4 is 0 Å². The van der Waals surface area contributed by atoms with Crippen molar-refractivity contribution in [3.05, 3.63) is 35.0 Å². The Kier molecular flexibility index (Phi) is 3.99. The molecule has 2 N–H and O–H groups in total. The molecule has 1 aromatic heterocycles. The van der Waals surface area contributed by atoms with Crippen LogP contribution in [-0.2, 0) is 30.5 Å². The monoisotopic (exact) mass is 347 g/mol. The Morgan fingerprint density at radius 1 is 1.19 bits per heavy atom. The number of hydrogen-bond acceptors (Lipinski definition) is 3. The summed E-state index contributed by atoms with van der Waals surface area (Å²) in [5.74, 6) is 0. The van der Waals surface area contributed by atoms with E-state index in [0.29, 0.717) is 15.5 Å². The molecule has 0 aliphatic carbocycles. The van der Waals surface area contributed by atoms with Gasteiger partial charge in [0.15, 0.2) is 0 Å². The van der Waals surface area contributed by atoms with E-state index >= 15 is 0 Å². The number of fused-ring (bicyclic) bond motifs is 1. The van der Waals surface area contributed by atoms with Crippen molar-refractivity contribution in [2.45, 2.75) is 4.90 Å². The summed E-state index contributed by atoms with van der Waals surface area (Å²) in [5.41, 5.74) is 0.581. The van der Waals surface area contributed by atoms with Crippen molar-refractivity contribution in [3.63, 3.8) is 0 Å². The zero-order chi connectivity index (χ0) is 11.1. The molecule has 0 saturated carbocycles. The summed E-state index contributed by atoms with van der Waals surface area (Å²) in [7, 11) is -4.20. The minimum absolute atomic E-state index is 0. The van der Waals surface area contributed by atoms with Crippen LogP contribution in [0.5, 0.6) is 0 Å². The molecule has 2 aromatic rings. The molecule has 0 atom stereocenters. The quantitative estimate of drug-likeness (QED) is 0.471. The van der Waals surface area contributed by atoms with Crippen LogP contribution in [-0.4, -0.2) is 18.0 Å². The van der Waals surface area contributed by atoms with Crippen molar-refractivity contribution in [2.75, 3.05) is 0 Å². The molecule has 86 valence electrons. The van der Waals surface area contributed by atoms with E-state index in [4.69, 9.17) is 16.8 Å². The van der Waals surface area contributed by atoms with Crippen LogP contribution in [0.1, 0.15) is 0 Å². The average Bonchev–Trinajstić information content (AvgIpc) is 2.15.